The van der Waals surface area contributed by atoms with Crippen molar-refractivity contribution in [3.63, 3.8) is 0 Å². The molecule has 2 rings (SSSR count). The van der Waals surface area contributed by atoms with Crippen molar-refractivity contribution in [2.45, 2.75) is 0 Å². The largest absolute Gasteiger partial charge is 0.497 e. The second-order valence-electron chi connectivity index (χ2n) is 4.33. The summed E-state index contributed by atoms with van der Waals surface area (Å²) >= 11 is 6.16. The fourth-order valence-electron chi connectivity index (χ4n) is 1.91. The number of hydrogen-bond donors (Lipinski definition) is 3. The van der Waals surface area contributed by atoms with E-state index < -0.39 is 11.7 Å². The SMILES string of the molecule is COc1ccc(-c2cc(C(=N)C(=O)O)c(N)cc2Cl)cc1. The summed E-state index contributed by atoms with van der Waals surface area (Å²) in [6, 6.07) is 10.1. The van der Waals surface area contributed by atoms with Crippen LogP contribution in [0.15, 0.2) is 36.4 Å². The molecule has 0 atom stereocenters. The van der Waals surface area contributed by atoms with Crippen LogP contribution in [0.2, 0.25) is 5.02 Å². The predicted molar refractivity (Wildman–Crippen MR) is 82.3 cm³/mol. The lowest BCUT2D eigenvalue weighted by Gasteiger charge is -2.11. The van der Waals surface area contributed by atoms with E-state index >= 15 is 0 Å². The van der Waals surface area contributed by atoms with E-state index in [-0.39, 0.29) is 11.3 Å². The summed E-state index contributed by atoms with van der Waals surface area (Å²) in [7, 11) is 1.57. The summed E-state index contributed by atoms with van der Waals surface area (Å²) in [5.41, 5.74) is 6.85. The van der Waals surface area contributed by atoms with Crippen molar-refractivity contribution in [2.24, 2.45) is 0 Å². The van der Waals surface area contributed by atoms with Crippen molar-refractivity contribution in [2.75, 3.05) is 12.8 Å². The van der Waals surface area contributed by atoms with Gasteiger partial charge in [0.2, 0.25) is 0 Å². The Morgan fingerprint density at radius 3 is 2.43 bits per heavy atom. The summed E-state index contributed by atoms with van der Waals surface area (Å²) in [4.78, 5) is 10.9. The molecule has 4 N–H and O–H groups in total. The van der Waals surface area contributed by atoms with Gasteiger partial charge in [0.25, 0.3) is 0 Å². The van der Waals surface area contributed by atoms with Crippen LogP contribution in [0.1, 0.15) is 5.56 Å². The maximum absolute atomic E-state index is 10.9. The van der Waals surface area contributed by atoms with Crippen LogP contribution in [0.3, 0.4) is 0 Å². The van der Waals surface area contributed by atoms with Gasteiger partial charge in [0.15, 0.2) is 0 Å². The van der Waals surface area contributed by atoms with E-state index in [4.69, 9.17) is 32.6 Å². The highest BCUT2D eigenvalue weighted by Crippen LogP contribution is 2.33. The molecule has 0 amide bonds. The fraction of sp³-hybridized carbons (Fsp3) is 0.0667. The molecule has 0 radical (unpaired) electrons. The second-order valence-corrected chi connectivity index (χ2v) is 4.74. The first-order valence-electron chi connectivity index (χ1n) is 5.99. The van der Waals surface area contributed by atoms with E-state index in [0.717, 1.165) is 5.56 Å². The molecule has 21 heavy (non-hydrogen) atoms. The van der Waals surface area contributed by atoms with Gasteiger partial charge in [-0.25, -0.2) is 4.79 Å². The topological polar surface area (TPSA) is 96.4 Å². The number of halogens is 1. The number of anilines is 1. The Kier molecular flexibility index (Phi) is 4.14. The Balaban J connectivity index is 2.55. The molecule has 108 valence electrons. The van der Waals surface area contributed by atoms with Gasteiger partial charge in [-0.1, -0.05) is 23.7 Å². The molecular formula is C15H13ClN2O3. The first kappa shape index (κ1) is 14.9. The minimum absolute atomic E-state index is 0.137. The molecule has 5 nitrogen and oxygen atoms in total. The molecule has 0 aliphatic heterocycles. The van der Waals surface area contributed by atoms with E-state index in [0.29, 0.717) is 16.3 Å². The zero-order valence-corrected chi connectivity index (χ0v) is 11.9. The molecule has 0 bridgehead atoms. The smallest absolute Gasteiger partial charge is 0.354 e. The van der Waals surface area contributed by atoms with Gasteiger partial charge in [-0.05, 0) is 29.8 Å². The highest BCUT2D eigenvalue weighted by Gasteiger charge is 2.16. The average Bonchev–Trinajstić information content (AvgIpc) is 2.47. The number of rotatable bonds is 4. The van der Waals surface area contributed by atoms with Gasteiger partial charge in [0, 0.05) is 16.8 Å². The van der Waals surface area contributed by atoms with Crippen LogP contribution in [0.5, 0.6) is 5.75 Å². The third kappa shape index (κ3) is 2.98. The number of carboxylic acids is 1. The van der Waals surface area contributed by atoms with Crippen LogP contribution >= 0.6 is 11.6 Å². The Morgan fingerprint density at radius 2 is 1.90 bits per heavy atom. The lowest BCUT2D eigenvalue weighted by molar-refractivity contribution is -0.129. The molecule has 2 aromatic rings. The lowest BCUT2D eigenvalue weighted by Crippen LogP contribution is -2.15. The molecule has 2 aromatic carbocycles. The number of carboxylic acid groups (broad SMARTS) is 1. The molecule has 0 saturated carbocycles. The average molecular weight is 305 g/mol. The summed E-state index contributed by atoms with van der Waals surface area (Å²) < 4.78 is 5.08. The van der Waals surface area contributed by atoms with Crippen LogP contribution in [-0.2, 0) is 4.79 Å². The monoisotopic (exact) mass is 304 g/mol. The number of methoxy groups -OCH3 is 1. The van der Waals surface area contributed by atoms with Crippen molar-refractivity contribution in [3.05, 3.63) is 47.0 Å². The number of hydrogen-bond acceptors (Lipinski definition) is 4. The quantitative estimate of drug-likeness (QED) is 0.597. The molecule has 0 heterocycles. The van der Waals surface area contributed by atoms with Crippen LogP contribution < -0.4 is 10.5 Å². The number of aliphatic carboxylic acids is 1. The molecule has 0 fully saturated rings. The highest BCUT2D eigenvalue weighted by atomic mass is 35.5. The van der Waals surface area contributed by atoms with Crippen molar-refractivity contribution < 1.29 is 14.6 Å². The van der Waals surface area contributed by atoms with E-state index in [1.54, 1.807) is 31.4 Å². The number of carbonyl (C=O) groups is 1. The predicted octanol–water partition coefficient (Wildman–Crippen LogP) is 3.05. The Hall–Kier alpha value is -2.53. The van der Waals surface area contributed by atoms with Gasteiger partial charge >= 0.3 is 5.97 Å². The highest BCUT2D eigenvalue weighted by molar-refractivity contribution is 6.43. The molecule has 0 aliphatic rings. The minimum atomic E-state index is -1.34. The van der Waals surface area contributed by atoms with Gasteiger partial charge in [-0.2, -0.15) is 0 Å². The van der Waals surface area contributed by atoms with Crippen LogP contribution in [0.25, 0.3) is 11.1 Å². The summed E-state index contributed by atoms with van der Waals surface area (Å²) in [5.74, 6) is -0.645. The van der Waals surface area contributed by atoms with E-state index in [1.807, 2.05) is 0 Å². The van der Waals surface area contributed by atoms with Crippen molar-refractivity contribution in [1.29, 1.82) is 5.41 Å². The van der Waals surface area contributed by atoms with Crippen LogP contribution in [0, 0.1) is 5.41 Å². The third-order valence-electron chi connectivity index (χ3n) is 3.02. The maximum atomic E-state index is 10.9. The van der Waals surface area contributed by atoms with Crippen molar-refractivity contribution in [3.8, 4) is 16.9 Å². The Labute approximate surface area is 126 Å². The third-order valence-corrected chi connectivity index (χ3v) is 3.34. The van der Waals surface area contributed by atoms with Gasteiger partial charge in [0.1, 0.15) is 11.5 Å². The first-order valence-corrected chi connectivity index (χ1v) is 6.37. The standard InChI is InChI=1S/C15H13ClN2O3/c1-21-9-4-2-8(3-5-9)10-6-11(14(18)15(19)20)13(17)7-12(10)16/h2-7,18H,17H2,1H3,(H,19,20). The summed E-state index contributed by atoms with van der Waals surface area (Å²) in [6.45, 7) is 0. The van der Waals surface area contributed by atoms with Crippen LogP contribution in [-0.4, -0.2) is 23.9 Å². The van der Waals surface area contributed by atoms with Crippen molar-refractivity contribution in [1.82, 2.24) is 0 Å². The summed E-state index contributed by atoms with van der Waals surface area (Å²) in [6.07, 6.45) is 0. The number of nitrogens with one attached hydrogen (secondary N) is 1. The van der Waals surface area contributed by atoms with E-state index in [1.165, 1.54) is 12.1 Å². The molecule has 0 saturated heterocycles. The second kappa shape index (κ2) is 5.85. The zero-order chi connectivity index (χ0) is 15.6. The van der Waals surface area contributed by atoms with E-state index in [2.05, 4.69) is 0 Å². The van der Waals surface area contributed by atoms with Gasteiger partial charge in [-0.15, -0.1) is 0 Å². The van der Waals surface area contributed by atoms with Gasteiger partial charge in [-0.3, -0.25) is 5.41 Å². The van der Waals surface area contributed by atoms with Crippen LogP contribution in [0.4, 0.5) is 5.69 Å². The number of nitrogens with two attached hydrogens (primary N) is 1. The minimum Gasteiger partial charge on any atom is -0.497 e. The Bertz CT molecular complexity index is 712. The zero-order valence-electron chi connectivity index (χ0n) is 11.2. The molecule has 0 unspecified atom stereocenters. The lowest BCUT2D eigenvalue weighted by atomic mass is 9.99. The number of benzene rings is 2. The molecule has 0 aliphatic carbocycles. The van der Waals surface area contributed by atoms with E-state index in [9.17, 15) is 4.79 Å². The first-order chi connectivity index (χ1) is 9.93. The van der Waals surface area contributed by atoms with Crippen molar-refractivity contribution >= 4 is 29.0 Å². The van der Waals surface area contributed by atoms with Gasteiger partial charge < -0.3 is 15.6 Å². The fourth-order valence-corrected chi connectivity index (χ4v) is 2.19. The number of nitrogen functional groups attached to an aromatic ring is 1. The Morgan fingerprint density at radius 1 is 1.29 bits per heavy atom. The number of ether oxygens (including phenoxy) is 1. The normalized spacial score (nSPS) is 10.2. The molecule has 6 heteroatoms. The van der Waals surface area contributed by atoms with Gasteiger partial charge in [0.05, 0.1) is 12.1 Å². The molecule has 0 spiro atoms. The maximum Gasteiger partial charge on any atom is 0.354 e. The molecular weight excluding hydrogens is 292 g/mol. The summed E-state index contributed by atoms with van der Waals surface area (Å²) in [5, 5.41) is 16.9. The molecule has 0 aromatic heterocycles.